The minimum absolute atomic E-state index is 0.00188. The zero-order chi connectivity index (χ0) is 14.9. The lowest BCUT2D eigenvalue weighted by atomic mass is 10.1. The van der Waals surface area contributed by atoms with Crippen molar-refractivity contribution in [3.63, 3.8) is 0 Å². The van der Waals surface area contributed by atoms with E-state index < -0.39 is 5.97 Å². The number of hydrogen-bond acceptors (Lipinski definition) is 4. The number of pyridine rings is 1. The monoisotopic (exact) mass is 294 g/mol. The summed E-state index contributed by atoms with van der Waals surface area (Å²) in [6.45, 7) is 1.37. The fourth-order valence-corrected chi connectivity index (χ4v) is 1.91. The van der Waals surface area contributed by atoms with E-state index in [2.05, 4.69) is 15.4 Å². The average Bonchev–Trinajstić information content (AvgIpc) is 2.71. The van der Waals surface area contributed by atoms with Gasteiger partial charge in [0.15, 0.2) is 0 Å². The highest BCUT2D eigenvalue weighted by atomic mass is 35.5. The van der Waals surface area contributed by atoms with Crippen molar-refractivity contribution in [3.05, 3.63) is 29.2 Å². The lowest BCUT2D eigenvalue weighted by Crippen LogP contribution is -2.11. The van der Waals surface area contributed by atoms with Gasteiger partial charge in [0.05, 0.1) is 11.8 Å². The van der Waals surface area contributed by atoms with Gasteiger partial charge in [-0.15, -0.1) is 0 Å². The number of halogens is 1. The van der Waals surface area contributed by atoms with Crippen LogP contribution < -0.4 is 5.32 Å². The topological polar surface area (TPSA) is 97.1 Å². The van der Waals surface area contributed by atoms with Crippen molar-refractivity contribution < 1.29 is 14.7 Å². The van der Waals surface area contributed by atoms with Crippen LogP contribution in [-0.2, 0) is 11.8 Å². The zero-order valence-corrected chi connectivity index (χ0v) is 11.5. The van der Waals surface area contributed by atoms with E-state index >= 15 is 0 Å². The van der Waals surface area contributed by atoms with Crippen LogP contribution in [0.3, 0.4) is 0 Å². The molecule has 2 heterocycles. The highest BCUT2D eigenvalue weighted by molar-refractivity contribution is 6.32. The van der Waals surface area contributed by atoms with Crippen molar-refractivity contribution >= 4 is 29.3 Å². The molecule has 0 fully saturated rings. The summed E-state index contributed by atoms with van der Waals surface area (Å²) in [7, 11) is 1.65. The first-order valence-corrected chi connectivity index (χ1v) is 5.96. The normalized spacial score (nSPS) is 10.3. The fourth-order valence-electron chi connectivity index (χ4n) is 1.70. The van der Waals surface area contributed by atoms with Crippen LogP contribution in [0, 0.1) is 0 Å². The van der Waals surface area contributed by atoms with E-state index in [1.165, 1.54) is 30.1 Å². The molecule has 20 heavy (non-hydrogen) atoms. The minimum atomic E-state index is -1.11. The Kier molecular flexibility index (Phi) is 3.71. The first-order valence-electron chi connectivity index (χ1n) is 5.59. The second kappa shape index (κ2) is 5.30. The van der Waals surface area contributed by atoms with Crippen LogP contribution in [0.1, 0.15) is 17.3 Å². The molecule has 2 rings (SSSR count). The van der Waals surface area contributed by atoms with Crippen LogP contribution in [0.15, 0.2) is 18.5 Å². The van der Waals surface area contributed by atoms with Gasteiger partial charge in [0.1, 0.15) is 11.0 Å². The summed E-state index contributed by atoms with van der Waals surface area (Å²) in [5.41, 5.74) is 0.897. The predicted molar refractivity (Wildman–Crippen MR) is 72.7 cm³/mol. The number of carboxylic acids is 1. The zero-order valence-electron chi connectivity index (χ0n) is 10.7. The van der Waals surface area contributed by atoms with Gasteiger partial charge in [0.25, 0.3) is 0 Å². The molecular formula is C12H11ClN4O3. The summed E-state index contributed by atoms with van der Waals surface area (Å²) in [5, 5.41) is 15.8. The van der Waals surface area contributed by atoms with Gasteiger partial charge in [0.2, 0.25) is 5.91 Å². The molecule has 0 aliphatic rings. The molecule has 2 aromatic rings. The van der Waals surface area contributed by atoms with E-state index in [9.17, 15) is 9.59 Å². The lowest BCUT2D eigenvalue weighted by molar-refractivity contribution is -0.114. The highest BCUT2D eigenvalue weighted by Crippen LogP contribution is 2.32. The summed E-state index contributed by atoms with van der Waals surface area (Å²) in [6, 6.07) is 1.39. The Hall–Kier alpha value is -2.41. The molecule has 0 unspecified atom stereocenters. The lowest BCUT2D eigenvalue weighted by Gasteiger charge is -2.08. The first kappa shape index (κ1) is 14.0. The van der Waals surface area contributed by atoms with E-state index in [4.69, 9.17) is 16.7 Å². The molecule has 0 aliphatic carbocycles. The highest BCUT2D eigenvalue weighted by Gasteiger charge is 2.17. The maximum atomic E-state index is 11.2. The smallest absolute Gasteiger partial charge is 0.337 e. The maximum absolute atomic E-state index is 11.2. The second-order valence-corrected chi connectivity index (χ2v) is 4.44. The summed E-state index contributed by atoms with van der Waals surface area (Å²) in [6.07, 6.45) is 2.66. The molecule has 0 aromatic carbocycles. The SMILES string of the molecule is CC(=O)Nc1c(-c2cc(C(=O)O)cnc2Cl)cnn1C. The van der Waals surface area contributed by atoms with E-state index in [0.717, 1.165) is 0 Å². The number of carboxylic acid groups (broad SMARTS) is 1. The van der Waals surface area contributed by atoms with Gasteiger partial charge < -0.3 is 10.4 Å². The number of hydrogen-bond donors (Lipinski definition) is 2. The quantitative estimate of drug-likeness (QED) is 0.841. The third kappa shape index (κ3) is 2.62. The maximum Gasteiger partial charge on any atom is 0.337 e. The number of nitrogens with one attached hydrogen (secondary N) is 1. The average molecular weight is 295 g/mol. The van der Waals surface area contributed by atoms with Crippen molar-refractivity contribution in [2.45, 2.75) is 6.92 Å². The molecule has 2 N–H and O–H groups in total. The standard InChI is InChI=1S/C12H11ClN4O3/c1-6(18)16-11-9(5-15-17(11)2)8-3-7(12(19)20)4-14-10(8)13/h3-5H,1-2H3,(H,16,18)(H,19,20). The third-order valence-corrected chi connectivity index (χ3v) is 2.91. The molecule has 0 saturated carbocycles. The van der Waals surface area contributed by atoms with E-state index in [1.807, 2.05) is 0 Å². The number of amides is 1. The van der Waals surface area contributed by atoms with Crippen molar-refractivity contribution in [2.75, 3.05) is 5.32 Å². The largest absolute Gasteiger partial charge is 0.478 e. The summed E-state index contributed by atoms with van der Waals surface area (Å²) >= 11 is 6.00. The van der Waals surface area contributed by atoms with Crippen molar-refractivity contribution in [1.29, 1.82) is 0 Å². The molecule has 104 valence electrons. The van der Waals surface area contributed by atoms with E-state index in [-0.39, 0.29) is 16.6 Å². The molecule has 0 atom stereocenters. The van der Waals surface area contributed by atoms with Gasteiger partial charge in [-0.05, 0) is 6.07 Å². The first-order chi connectivity index (χ1) is 9.40. The summed E-state index contributed by atoms with van der Waals surface area (Å²) in [4.78, 5) is 26.0. The van der Waals surface area contributed by atoms with Crippen LogP contribution in [0.4, 0.5) is 5.82 Å². The Balaban J connectivity index is 2.59. The Labute approximate surface area is 119 Å². The van der Waals surface area contributed by atoms with Gasteiger partial charge in [-0.25, -0.2) is 9.78 Å². The van der Waals surface area contributed by atoms with Gasteiger partial charge in [0, 0.05) is 31.3 Å². The molecule has 0 aliphatic heterocycles. The number of aryl methyl sites for hydroxylation is 1. The fraction of sp³-hybridized carbons (Fsp3) is 0.167. The van der Waals surface area contributed by atoms with Crippen LogP contribution in [0.25, 0.3) is 11.1 Å². The van der Waals surface area contributed by atoms with Crippen LogP contribution >= 0.6 is 11.6 Å². The predicted octanol–water partition coefficient (Wildman–Crippen LogP) is 1.79. The van der Waals surface area contributed by atoms with Gasteiger partial charge in [-0.1, -0.05) is 11.6 Å². The van der Waals surface area contributed by atoms with Crippen LogP contribution in [0.2, 0.25) is 5.15 Å². The number of carbonyl (C=O) groups is 2. The van der Waals surface area contributed by atoms with Gasteiger partial charge in [-0.2, -0.15) is 5.10 Å². The number of nitrogens with zero attached hydrogens (tertiary/aromatic N) is 3. The number of rotatable bonds is 3. The molecule has 0 bridgehead atoms. The molecule has 0 radical (unpaired) electrons. The summed E-state index contributed by atoms with van der Waals surface area (Å²) in [5.74, 6) is -0.961. The van der Waals surface area contributed by atoms with Crippen molar-refractivity contribution in [1.82, 2.24) is 14.8 Å². The number of anilines is 1. The van der Waals surface area contributed by atoms with Crippen LogP contribution in [-0.4, -0.2) is 31.7 Å². The van der Waals surface area contributed by atoms with Crippen molar-refractivity contribution in [2.24, 2.45) is 7.05 Å². The Morgan fingerprint density at radius 2 is 2.05 bits per heavy atom. The van der Waals surface area contributed by atoms with E-state index in [0.29, 0.717) is 16.9 Å². The molecule has 7 nitrogen and oxygen atoms in total. The van der Waals surface area contributed by atoms with E-state index in [1.54, 1.807) is 7.05 Å². The number of aromatic carboxylic acids is 1. The molecule has 1 amide bonds. The van der Waals surface area contributed by atoms with Crippen molar-refractivity contribution in [3.8, 4) is 11.1 Å². The Bertz CT molecular complexity index is 696. The summed E-state index contributed by atoms with van der Waals surface area (Å²) < 4.78 is 1.46. The second-order valence-electron chi connectivity index (χ2n) is 4.08. The number of aromatic nitrogens is 3. The van der Waals surface area contributed by atoms with Gasteiger partial charge >= 0.3 is 5.97 Å². The minimum Gasteiger partial charge on any atom is -0.478 e. The Morgan fingerprint density at radius 3 is 2.65 bits per heavy atom. The molecule has 2 aromatic heterocycles. The third-order valence-electron chi connectivity index (χ3n) is 2.61. The molecule has 0 spiro atoms. The molecular weight excluding hydrogens is 284 g/mol. The number of carbonyl (C=O) groups excluding carboxylic acids is 1. The van der Waals surface area contributed by atoms with Gasteiger partial charge in [-0.3, -0.25) is 9.48 Å². The molecule has 8 heteroatoms. The molecule has 0 saturated heterocycles. The Morgan fingerprint density at radius 1 is 1.35 bits per heavy atom. The van der Waals surface area contributed by atoms with Crippen LogP contribution in [0.5, 0.6) is 0 Å².